The minimum Gasteiger partial charge on any atom is -0.381 e. The van der Waals surface area contributed by atoms with Crippen molar-refractivity contribution in [2.75, 3.05) is 31.6 Å². The third kappa shape index (κ3) is 3.70. The lowest BCUT2D eigenvalue weighted by atomic mass is 10.1. The molecule has 0 bridgehead atoms. The van der Waals surface area contributed by atoms with Crippen molar-refractivity contribution >= 4 is 33.3 Å². The van der Waals surface area contributed by atoms with Crippen LogP contribution in [-0.4, -0.2) is 47.1 Å². The van der Waals surface area contributed by atoms with Gasteiger partial charge in [-0.3, -0.25) is 4.79 Å². The van der Waals surface area contributed by atoms with Gasteiger partial charge >= 0.3 is 0 Å². The Morgan fingerprint density at radius 2 is 2.33 bits per heavy atom. The normalized spacial score (nSPS) is 18.7. The van der Waals surface area contributed by atoms with Crippen molar-refractivity contribution in [2.45, 2.75) is 32.7 Å². The average molecular weight is 429 g/mol. The van der Waals surface area contributed by atoms with Crippen LogP contribution in [-0.2, 0) is 24.1 Å². The van der Waals surface area contributed by atoms with Crippen LogP contribution in [0.1, 0.15) is 40.0 Å². The molecule has 1 fully saturated rings. The van der Waals surface area contributed by atoms with Gasteiger partial charge in [0.05, 0.1) is 18.8 Å². The second kappa shape index (κ2) is 8.00. The summed E-state index contributed by atoms with van der Waals surface area (Å²) < 4.78 is 19.3. The maximum absolute atomic E-state index is 13.8. The van der Waals surface area contributed by atoms with E-state index in [1.165, 1.54) is 6.07 Å². The van der Waals surface area contributed by atoms with Gasteiger partial charge in [0.25, 0.3) is 5.91 Å². The number of carbonyl (C=O) groups excluding carboxylic acids is 1. The van der Waals surface area contributed by atoms with Gasteiger partial charge in [-0.15, -0.1) is 0 Å². The van der Waals surface area contributed by atoms with E-state index in [4.69, 9.17) is 9.72 Å². The van der Waals surface area contributed by atoms with E-state index >= 15 is 0 Å². The summed E-state index contributed by atoms with van der Waals surface area (Å²) in [5, 5.41) is 5.28. The number of aromatic nitrogens is 2. The molecule has 6 nitrogen and oxygen atoms in total. The number of carbonyl (C=O) groups is 1. The van der Waals surface area contributed by atoms with Gasteiger partial charge < -0.3 is 19.9 Å². The number of amides is 1. The molecule has 0 radical (unpaired) electrons. The number of aryl methyl sites for hydroxylation is 1. The molecule has 1 aromatic carbocycles. The van der Waals surface area contributed by atoms with Crippen LogP contribution in [0, 0.1) is 11.7 Å². The predicted molar refractivity (Wildman–Crippen MR) is 116 cm³/mol. The number of benzene rings is 1. The van der Waals surface area contributed by atoms with Crippen molar-refractivity contribution in [2.24, 2.45) is 5.92 Å². The number of anilines is 1. The molecule has 0 unspecified atom stereocenters. The van der Waals surface area contributed by atoms with Crippen LogP contribution < -0.4 is 5.32 Å². The Labute approximate surface area is 178 Å². The molecule has 0 spiro atoms. The van der Waals surface area contributed by atoms with E-state index in [-0.39, 0.29) is 11.7 Å². The lowest BCUT2D eigenvalue weighted by Crippen LogP contribution is -2.35. The fourth-order valence-corrected chi connectivity index (χ4v) is 5.30. The van der Waals surface area contributed by atoms with E-state index in [1.54, 1.807) is 17.4 Å². The van der Waals surface area contributed by atoms with Gasteiger partial charge in [-0.25, -0.2) is 9.37 Å². The molecule has 4 heterocycles. The van der Waals surface area contributed by atoms with Crippen molar-refractivity contribution in [3.8, 4) is 0 Å². The monoisotopic (exact) mass is 428 g/mol. The van der Waals surface area contributed by atoms with Crippen molar-refractivity contribution in [3.63, 3.8) is 0 Å². The van der Waals surface area contributed by atoms with Crippen molar-refractivity contribution in [1.82, 2.24) is 14.9 Å². The summed E-state index contributed by atoms with van der Waals surface area (Å²) in [6.07, 6.45) is 2.56. The second-order valence-electron chi connectivity index (χ2n) is 8.04. The highest BCUT2D eigenvalue weighted by Gasteiger charge is 2.26. The Hall–Kier alpha value is -2.45. The molecule has 0 saturated carbocycles. The zero-order chi connectivity index (χ0) is 20.7. The molecule has 158 valence electrons. The number of nitrogens with one attached hydrogen (secondary N) is 2. The van der Waals surface area contributed by atoms with Gasteiger partial charge in [0.2, 0.25) is 0 Å². The second-order valence-corrected chi connectivity index (χ2v) is 9.12. The van der Waals surface area contributed by atoms with Crippen molar-refractivity contribution in [1.29, 1.82) is 0 Å². The Morgan fingerprint density at radius 3 is 3.13 bits per heavy atom. The van der Waals surface area contributed by atoms with E-state index in [1.807, 2.05) is 17.9 Å². The van der Waals surface area contributed by atoms with Crippen LogP contribution in [0.5, 0.6) is 0 Å². The summed E-state index contributed by atoms with van der Waals surface area (Å²) in [4.78, 5) is 24.0. The molecule has 1 amide bonds. The number of nitrogens with zero attached hydrogens (tertiary/aromatic N) is 2. The number of hydrogen-bond acceptors (Lipinski definition) is 5. The summed E-state index contributed by atoms with van der Waals surface area (Å²) in [6.45, 7) is 5.72. The quantitative estimate of drug-likeness (QED) is 0.645. The van der Waals surface area contributed by atoms with Gasteiger partial charge in [0, 0.05) is 47.8 Å². The molecule has 2 aliphatic heterocycles. The van der Waals surface area contributed by atoms with Crippen molar-refractivity contribution in [3.05, 3.63) is 45.8 Å². The van der Waals surface area contributed by atoms with E-state index in [0.717, 1.165) is 65.7 Å². The topological polar surface area (TPSA) is 70.2 Å². The highest BCUT2D eigenvalue weighted by Crippen LogP contribution is 2.30. The average Bonchev–Trinajstić information content (AvgIpc) is 3.49. The molecule has 2 aromatic heterocycles. The largest absolute Gasteiger partial charge is 0.381 e. The van der Waals surface area contributed by atoms with Gasteiger partial charge in [-0.1, -0.05) is 18.3 Å². The Balaban J connectivity index is 1.30. The SMILES string of the molecule is CCc1cc(F)cc2[nH]c(C(=O)N3CCc4nc(NC[C@H]5CCOC5)sc4C3)cc12. The predicted octanol–water partition coefficient (Wildman–Crippen LogP) is 3.97. The third-order valence-electron chi connectivity index (χ3n) is 5.98. The third-order valence-corrected chi connectivity index (χ3v) is 7.02. The maximum atomic E-state index is 13.8. The number of rotatable bonds is 5. The summed E-state index contributed by atoms with van der Waals surface area (Å²) in [7, 11) is 0. The van der Waals surface area contributed by atoms with Gasteiger partial charge in [0.15, 0.2) is 5.13 Å². The molecule has 2 aliphatic rings. The minimum atomic E-state index is -0.281. The number of aromatic amines is 1. The number of halogens is 1. The van der Waals surface area contributed by atoms with Crippen LogP contribution in [0.15, 0.2) is 18.2 Å². The minimum absolute atomic E-state index is 0.0506. The first kappa shape index (κ1) is 19.5. The fraction of sp³-hybridized carbons (Fsp3) is 0.455. The van der Waals surface area contributed by atoms with E-state index in [9.17, 15) is 9.18 Å². The van der Waals surface area contributed by atoms with Crippen molar-refractivity contribution < 1.29 is 13.9 Å². The first-order chi connectivity index (χ1) is 14.6. The van der Waals surface area contributed by atoms with Gasteiger partial charge in [0.1, 0.15) is 11.5 Å². The molecular formula is C22H25FN4O2S. The van der Waals surface area contributed by atoms with Crippen LogP contribution in [0.4, 0.5) is 9.52 Å². The molecular weight excluding hydrogens is 403 g/mol. The molecule has 8 heteroatoms. The zero-order valence-corrected chi connectivity index (χ0v) is 17.8. The standard InChI is InChI=1S/C22H25FN4O2S/c1-2-14-7-15(23)8-18-16(14)9-19(25-18)21(28)27-5-3-17-20(11-27)30-22(26-17)24-10-13-4-6-29-12-13/h7-9,13,25H,2-6,10-12H2,1H3,(H,24,26)/t13-/m1/s1. The Kier molecular flexibility index (Phi) is 5.20. The number of hydrogen-bond donors (Lipinski definition) is 2. The Morgan fingerprint density at radius 1 is 1.43 bits per heavy atom. The number of H-pyrrole nitrogens is 1. The Bertz CT molecular complexity index is 1090. The van der Waals surface area contributed by atoms with Crippen LogP contribution in [0.3, 0.4) is 0 Å². The zero-order valence-electron chi connectivity index (χ0n) is 17.0. The van der Waals surface area contributed by atoms with Crippen LogP contribution >= 0.6 is 11.3 Å². The first-order valence-corrected chi connectivity index (χ1v) is 11.3. The molecule has 3 aromatic rings. The molecule has 2 N–H and O–H groups in total. The van der Waals surface area contributed by atoms with Crippen LogP contribution in [0.2, 0.25) is 0 Å². The molecule has 5 rings (SSSR count). The smallest absolute Gasteiger partial charge is 0.270 e. The van der Waals surface area contributed by atoms with E-state index < -0.39 is 0 Å². The van der Waals surface area contributed by atoms with E-state index in [0.29, 0.717) is 30.2 Å². The van der Waals surface area contributed by atoms with E-state index in [2.05, 4.69) is 10.3 Å². The summed E-state index contributed by atoms with van der Waals surface area (Å²) in [5.41, 5.74) is 3.18. The highest BCUT2D eigenvalue weighted by molar-refractivity contribution is 7.15. The first-order valence-electron chi connectivity index (χ1n) is 10.5. The molecule has 30 heavy (non-hydrogen) atoms. The molecule has 1 saturated heterocycles. The number of ether oxygens (including phenoxy) is 1. The maximum Gasteiger partial charge on any atom is 0.270 e. The number of thiazole rings is 1. The number of fused-ring (bicyclic) bond motifs is 2. The fourth-order valence-electron chi connectivity index (χ4n) is 4.27. The van der Waals surface area contributed by atoms with Gasteiger partial charge in [-0.05, 0) is 36.6 Å². The van der Waals surface area contributed by atoms with Gasteiger partial charge in [-0.2, -0.15) is 0 Å². The highest BCUT2D eigenvalue weighted by atomic mass is 32.1. The lowest BCUT2D eigenvalue weighted by Gasteiger charge is -2.25. The molecule has 0 aliphatic carbocycles. The summed E-state index contributed by atoms with van der Waals surface area (Å²) >= 11 is 1.63. The van der Waals surface area contributed by atoms with Crippen LogP contribution in [0.25, 0.3) is 10.9 Å². The summed E-state index contributed by atoms with van der Waals surface area (Å²) in [5.74, 6) is 0.214. The molecule has 1 atom stereocenters. The lowest BCUT2D eigenvalue weighted by molar-refractivity contribution is 0.0731. The summed E-state index contributed by atoms with van der Waals surface area (Å²) in [6, 6.07) is 4.85.